The number of carbonyl (C=O) groups excluding carboxylic acids is 2. The summed E-state index contributed by atoms with van der Waals surface area (Å²) < 4.78 is 0. The van der Waals surface area contributed by atoms with Crippen LogP contribution in [-0.4, -0.2) is 36.9 Å². The summed E-state index contributed by atoms with van der Waals surface area (Å²) >= 11 is 0. The second-order valence-electron chi connectivity index (χ2n) is 5.85. The number of hydrogen-bond donors (Lipinski definition) is 2. The fraction of sp³-hybridized carbons (Fsp3) is 0.500. The van der Waals surface area contributed by atoms with E-state index in [0.29, 0.717) is 24.4 Å². The van der Waals surface area contributed by atoms with Crippen molar-refractivity contribution in [2.75, 3.05) is 14.1 Å². The fourth-order valence-electron chi connectivity index (χ4n) is 1.96. The van der Waals surface area contributed by atoms with Gasteiger partial charge in [-0.1, -0.05) is 26.0 Å². The van der Waals surface area contributed by atoms with E-state index in [-0.39, 0.29) is 11.8 Å². The Hall–Kier alpha value is -1.88. The van der Waals surface area contributed by atoms with Crippen LogP contribution in [0.5, 0.6) is 0 Å². The third kappa shape index (κ3) is 5.55. The van der Waals surface area contributed by atoms with Crippen molar-refractivity contribution < 1.29 is 9.59 Å². The number of nitrogens with one attached hydrogen (secondary N) is 1. The van der Waals surface area contributed by atoms with Crippen LogP contribution in [0.25, 0.3) is 0 Å². The first-order valence-corrected chi connectivity index (χ1v) is 7.15. The van der Waals surface area contributed by atoms with Crippen LogP contribution in [0, 0.1) is 5.92 Å². The first kappa shape index (κ1) is 17.2. The Morgan fingerprint density at radius 3 is 2.24 bits per heavy atom. The molecule has 0 bridgehead atoms. The fourth-order valence-corrected chi connectivity index (χ4v) is 1.96. The van der Waals surface area contributed by atoms with Crippen LogP contribution >= 0.6 is 0 Å². The van der Waals surface area contributed by atoms with E-state index in [1.807, 2.05) is 26.0 Å². The molecular formula is C16H25N3O2. The predicted octanol–water partition coefficient (Wildman–Crippen LogP) is 1.38. The van der Waals surface area contributed by atoms with Gasteiger partial charge < -0.3 is 16.0 Å². The Morgan fingerprint density at radius 2 is 1.76 bits per heavy atom. The van der Waals surface area contributed by atoms with Gasteiger partial charge in [-0.05, 0) is 30.0 Å². The van der Waals surface area contributed by atoms with Crippen molar-refractivity contribution in [3.8, 4) is 0 Å². The van der Waals surface area contributed by atoms with Crippen LogP contribution in [0.3, 0.4) is 0 Å². The van der Waals surface area contributed by atoms with Crippen molar-refractivity contribution in [2.45, 2.75) is 32.9 Å². The Labute approximate surface area is 126 Å². The largest absolute Gasteiger partial charge is 0.351 e. The molecule has 21 heavy (non-hydrogen) atoms. The van der Waals surface area contributed by atoms with E-state index in [1.54, 1.807) is 26.2 Å². The van der Waals surface area contributed by atoms with Gasteiger partial charge in [-0.3, -0.25) is 9.59 Å². The van der Waals surface area contributed by atoms with Crippen molar-refractivity contribution in [1.82, 2.24) is 10.2 Å². The van der Waals surface area contributed by atoms with Gasteiger partial charge in [0.2, 0.25) is 5.91 Å². The van der Waals surface area contributed by atoms with Crippen LogP contribution in [-0.2, 0) is 11.3 Å². The van der Waals surface area contributed by atoms with Gasteiger partial charge >= 0.3 is 0 Å². The van der Waals surface area contributed by atoms with E-state index in [1.165, 1.54) is 4.90 Å². The molecule has 1 aromatic carbocycles. The van der Waals surface area contributed by atoms with Gasteiger partial charge in [0.25, 0.3) is 5.91 Å². The van der Waals surface area contributed by atoms with Gasteiger partial charge in [0.05, 0.1) is 6.04 Å². The zero-order valence-electron chi connectivity index (χ0n) is 13.2. The molecule has 3 N–H and O–H groups in total. The third-order valence-corrected chi connectivity index (χ3v) is 3.14. The van der Waals surface area contributed by atoms with E-state index in [9.17, 15) is 9.59 Å². The Bertz CT molecular complexity index is 481. The Kier molecular flexibility index (Phi) is 6.37. The second kappa shape index (κ2) is 7.78. The predicted molar refractivity (Wildman–Crippen MR) is 83.7 cm³/mol. The molecule has 0 aromatic heterocycles. The lowest BCUT2D eigenvalue weighted by Gasteiger charge is -2.14. The monoisotopic (exact) mass is 291 g/mol. The molecule has 0 heterocycles. The quantitative estimate of drug-likeness (QED) is 0.831. The summed E-state index contributed by atoms with van der Waals surface area (Å²) in [6.07, 6.45) is 0.669. The van der Waals surface area contributed by atoms with E-state index in [0.717, 1.165) is 5.56 Å². The Morgan fingerprint density at radius 1 is 1.19 bits per heavy atom. The van der Waals surface area contributed by atoms with E-state index in [4.69, 9.17) is 5.73 Å². The van der Waals surface area contributed by atoms with Crippen molar-refractivity contribution in [3.05, 3.63) is 35.4 Å². The van der Waals surface area contributed by atoms with Gasteiger partial charge in [0, 0.05) is 26.2 Å². The van der Waals surface area contributed by atoms with Gasteiger partial charge in [-0.15, -0.1) is 0 Å². The summed E-state index contributed by atoms with van der Waals surface area (Å²) in [6.45, 7) is 4.49. The van der Waals surface area contributed by atoms with Gasteiger partial charge in [-0.25, -0.2) is 0 Å². The van der Waals surface area contributed by atoms with Crippen LogP contribution in [0.15, 0.2) is 24.3 Å². The average Bonchev–Trinajstić information content (AvgIpc) is 2.43. The molecule has 0 saturated heterocycles. The van der Waals surface area contributed by atoms with Crippen LogP contribution in [0.4, 0.5) is 0 Å². The summed E-state index contributed by atoms with van der Waals surface area (Å²) in [7, 11) is 3.43. The molecule has 5 nitrogen and oxygen atoms in total. The molecule has 116 valence electrons. The van der Waals surface area contributed by atoms with E-state index in [2.05, 4.69) is 5.32 Å². The number of hydrogen-bond acceptors (Lipinski definition) is 3. The molecular weight excluding hydrogens is 266 g/mol. The second-order valence-corrected chi connectivity index (χ2v) is 5.85. The summed E-state index contributed by atoms with van der Waals surface area (Å²) in [6, 6.07) is 6.73. The molecule has 0 spiro atoms. The molecule has 0 aliphatic carbocycles. The standard InChI is InChI=1S/C16H25N3O2/c1-11(2)9-14(17)15(20)18-10-12-5-7-13(8-6-12)16(21)19(3)4/h5-8,11,14H,9-10,17H2,1-4H3,(H,18,20)/t14-/m0/s1. The highest BCUT2D eigenvalue weighted by molar-refractivity contribution is 5.93. The van der Waals surface area contributed by atoms with Gasteiger partial charge in [0.15, 0.2) is 0 Å². The molecule has 0 radical (unpaired) electrons. The number of nitrogens with zero attached hydrogens (tertiary/aromatic N) is 1. The van der Waals surface area contributed by atoms with Crippen LogP contribution in [0.1, 0.15) is 36.2 Å². The molecule has 0 unspecified atom stereocenters. The zero-order valence-corrected chi connectivity index (χ0v) is 13.2. The molecule has 1 atom stereocenters. The number of nitrogens with two attached hydrogens (primary N) is 1. The number of carbonyl (C=O) groups is 2. The number of rotatable bonds is 6. The molecule has 0 fully saturated rings. The van der Waals surface area contributed by atoms with Crippen LogP contribution < -0.4 is 11.1 Å². The molecule has 0 aliphatic heterocycles. The molecule has 5 heteroatoms. The van der Waals surface area contributed by atoms with Gasteiger partial charge in [-0.2, -0.15) is 0 Å². The molecule has 0 saturated carbocycles. The van der Waals surface area contributed by atoms with Crippen molar-refractivity contribution >= 4 is 11.8 Å². The minimum absolute atomic E-state index is 0.0375. The lowest BCUT2D eigenvalue weighted by atomic mass is 10.0. The number of benzene rings is 1. The smallest absolute Gasteiger partial charge is 0.253 e. The van der Waals surface area contributed by atoms with Gasteiger partial charge in [0.1, 0.15) is 0 Å². The highest BCUT2D eigenvalue weighted by Crippen LogP contribution is 2.07. The first-order chi connectivity index (χ1) is 9.81. The molecule has 1 rings (SSSR count). The third-order valence-electron chi connectivity index (χ3n) is 3.14. The molecule has 0 aliphatic rings. The topological polar surface area (TPSA) is 75.4 Å². The first-order valence-electron chi connectivity index (χ1n) is 7.15. The summed E-state index contributed by atoms with van der Waals surface area (Å²) in [5.41, 5.74) is 7.39. The van der Waals surface area contributed by atoms with Crippen molar-refractivity contribution in [3.63, 3.8) is 0 Å². The summed E-state index contributed by atoms with van der Waals surface area (Å²) in [5.74, 6) is 0.212. The minimum atomic E-state index is -0.473. The maximum atomic E-state index is 11.8. The van der Waals surface area contributed by atoms with Crippen molar-refractivity contribution in [2.24, 2.45) is 11.7 Å². The van der Waals surface area contributed by atoms with Crippen LogP contribution in [0.2, 0.25) is 0 Å². The normalized spacial score (nSPS) is 12.1. The molecule has 2 amide bonds. The maximum absolute atomic E-state index is 11.8. The zero-order chi connectivity index (χ0) is 16.0. The SMILES string of the molecule is CC(C)C[C@H](N)C(=O)NCc1ccc(C(=O)N(C)C)cc1. The van der Waals surface area contributed by atoms with E-state index < -0.39 is 6.04 Å². The average molecular weight is 291 g/mol. The summed E-state index contributed by atoms with van der Waals surface area (Å²) in [4.78, 5) is 25.1. The number of amides is 2. The summed E-state index contributed by atoms with van der Waals surface area (Å²) in [5, 5.41) is 2.82. The highest BCUT2D eigenvalue weighted by Gasteiger charge is 2.14. The lowest BCUT2D eigenvalue weighted by molar-refractivity contribution is -0.122. The minimum Gasteiger partial charge on any atom is -0.351 e. The maximum Gasteiger partial charge on any atom is 0.253 e. The highest BCUT2D eigenvalue weighted by atomic mass is 16.2. The van der Waals surface area contributed by atoms with Crippen molar-refractivity contribution in [1.29, 1.82) is 0 Å². The lowest BCUT2D eigenvalue weighted by Crippen LogP contribution is -2.41. The molecule has 1 aromatic rings. The Balaban J connectivity index is 2.53. The van der Waals surface area contributed by atoms with E-state index >= 15 is 0 Å².